The molecule has 0 radical (unpaired) electrons. The first kappa shape index (κ1) is 11.4. The van der Waals surface area contributed by atoms with Crippen molar-refractivity contribution in [2.75, 3.05) is 13.2 Å². The summed E-state index contributed by atoms with van der Waals surface area (Å²) in [5, 5.41) is 10.7. The molecule has 0 amide bonds. The Kier molecular flexibility index (Phi) is 3.68. The second kappa shape index (κ2) is 4.84. The molecule has 15 heavy (non-hydrogen) atoms. The third kappa shape index (κ3) is 2.54. The van der Waals surface area contributed by atoms with Crippen molar-refractivity contribution in [3.8, 4) is 0 Å². The molecular formula is C13H24O2. The summed E-state index contributed by atoms with van der Waals surface area (Å²) >= 11 is 0. The van der Waals surface area contributed by atoms with Gasteiger partial charge in [-0.25, -0.2) is 0 Å². The van der Waals surface area contributed by atoms with Gasteiger partial charge in [0.2, 0.25) is 0 Å². The van der Waals surface area contributed by atoms with E-state index >= 15 is 0 Å². The molecule has 1 aliphatic heterocycles. The molecule has 2 fully saturated rings. The van der Waals surface area contributed by atoms with Gasteiger partial charge in [-0.2, -0.15) is 0 Å². The van der Waals surface area contributed by atoms with Gasteiger partial charge in [0.05, 0.1) is 5.60 Å². The molecule has 2 aliphatic rings. The largest absolute Gasteiger partial charge is 0.390 e. The first-order valence-electron chi connectivity index (χ1n) is 6.55. The minimum atomic E-state index is -0.358. The van der Waals surface area contributed by atoms with Crippen LogP contribution in [0.1, 0.15) is 51.9 Å². The van der Waals surface area contributed by atoms with E-state index in [9.17, 15) is 5.11 Å². The quantitative estimate of drug-likeness (QED) is 0.762. The van der Waals surface area contributed by atoms with Gasteiger partial charge in [0.25, 0.3) is 0 Å². The van der Waals surface area contributed by atoms with E-state index in [4.69, 9.17) is 4.74 Å². The molecule has 0 aromatic heterocycles. The molecule has 1 aliphatic carbocycles. The third-order valence-electron chi connectivity index (χ3n) is 4.42. The van der Waals surface area contributed by atoms with Crippen molar-refractivity contribution < 1.29 is 9.84 Å². The van der Waals surface area contributed by atoms with Gasteiger partial charge in [0.1, 0.15) is 0 Å². The van der Waals surface area contributed by atoms with Crippen LogP contribution < -0.4 is 0 Å². The van der Waals surface area contributed by atoms with Crippen molar-refractivity contribution in [3.63, 3.8) is 0 Å². The number of hydrogen-bond acceptors (Lipinski definition) is 2. The maximum absolute atomic E-state index is 10.7. The average Bonchev–Trinajstić information content (AvgIpc) is 2.30. The first-order valence-corrected chi connectivity index (χ1v) is 6.55. The molecule has 88 valence electrons. The second-order valence-electron chi connectivity index (χ2n) is 5.36. The fourth-order valence-corrected chi connectivity index (χ4v) is 3.36. The van der Waals surface area contributed by atoms with Crippen LogP contribution in [0.25, 0.3) is 0 Å². The van der Waals surface area contributed by atoms with Crippen molar-refractivity contribution in [2.24, 2.45) is 11.8 Å². The Balaban J connectivity index is 1.97. The zero-order valence-corrected chi connectivity index (χ0v) is 9.87. The Morgan fingerprint density at radius 3 is 2.67 bits per heavy atom. The lowest BCUT2D eigenvalue weighted by Crippen LogP contribution is -2.44. The Morgan fingerprint density at radius 2 is 2.00 bits per heavy atom. The molecule has 1 heterocycles. The zero-order chi connectivity index (χ0) is 10.7. The van der Waals surface area contributed by atoms with Crippen molar-refractivity contribution in [2.45, 2.75) is 57.5 Å². The number of aliphatic hydroxyl groups is 1. The van der Waals surface area contributed by atoms with Gasteiger partial charge in [-0.1, -0.05) is 26.2 Å². The Bertz CT molecular complexity index is 199. The standard InChI is InChI=1S/C13H24O2/c1-2-11-4-3-7-13(14,10-11)12-5-8-15-9-6-12/h11-12,14H,2-10H2,1H3. The molecule has 2 unspecified atom stereocenters. The summed E-state index contributed by atoms with van der Waals surface area (Å²) in [6.07, 6.45) is 7.95. The number of ether oxygens (including phenoxy) is 1. The maximum Gasteiger partial charge on any atom is 0.0680 e. The van der Waals surface area contributed by atoms with Gasteiger partial charge in [-0.15, -0.1) is 0 Å². The van der Waals surface area contributed by atoms with Crippen LogP contribution >= 0.6 is 0 Å². The van der Waals surface area contributed by atoms with Gasteiger partial charge >= 0.3 is 0 Å². The van der Waals surface area contributed by atoms with Crippen LogP contribution in [0.3, 0.4) is 0 Å². The van der Waals surface area contributed by atoms with E-state index in [0.717, 1.165) is 44.8 Å². The fraction of sp³-hybridized carbons (Fsp3) is 1.00. The van der Waals surface area contributed by atoms with Crippen LogP contribution in [0, 0.1) is 11.8 Å². The van der Waals surface area contributed by atoms with Crippen LogP contribution in [0.2, 0.25) is 0 Å². The van der Waals surface area contributed by atoms with Crippen LogP contribution in [0.15, 0.2) is 0 Å². The molecule has 1 saturated heterocycles. The molecule has 2 rings (SSSR count). The van der Waals surface area contributed by atoms with Crippen LogP contribution in [0.5, 0.6) is 0 Å². The molecule has 2 atom stereocenters. The van der Waals surface area contributed by atoms with Crippen molar-refractivity contribution >= 4 is 0 Å². The molecule has 0 aromatic carbocycles. The molecule has 0 spiro atoms. The fourth-order valence-electron chi connectivity index (χ4n) is 3.36. The highest BCUT2D eigenvalue weighted by atomic mass is 16.5. The molecule has 1 saturated carbocycles. The van der Waals surface area contributed by atoms with E-state index in [-0.39, 0.29) is 5.60 Å². The zero-order valence-electron chi connectivity index (χ0n) is 9.87. The summed E-state index contributed by atoms with van der Waals surface area (Å²) in [7, 11) is 0. The molecule has 0 bridgehead atoms. The highest BCUT2D eigenvalue weighted by Crippen LogP contribution is 2.42. The van der Waals surface area contributed by atoms with Gasteiger partial charge in [-0.3, -0.25) is 0 Å². The maximum atomic E-state index is 10.7. The van der Waals surface area contributed by atoms with E-state index in [0.29, 0.717) is 5.92 Å². The van der Waals surface area contributed by atoms with E-state index in [2.05, 4.69) is 6.92 Å². The highest BCUT2D eigenvalue weighted by Gasteiger charge is 2.40. The third-order valence-corrected chi connectivity index (χ3v) is 4.42. The molecule has 1 N–H and O–H groups in total. The van der Waals surface area contributed by atoms with Crippen LogP contribution in [-0.4, -0.2) is 23.9 Å². The van der Waals surface area contributed by atoms with E-state index < -0.39 is 0 Å². The lowest BCUT2D eigenvalue weighted by molar-refractivity contribution is -0.0979. The van der Waals surface area contributed by atoms with Crippen LogP contribution in [-0.2, 0) is 4.74 Å². The minimum Gasteiger partial charge on any atom is -0.390 e. The summed E-state index contributed by atoms with van der Waals surface area (Å²) < 4.78 is 5.38. The summed E-state index contributed by atoms with van der Waals surface area (Å²) in [5.74, 6) is 1.26. The Morgan fingerprint density at radius 1 is 1.27 bits per heavy atom. The minimum absolute atomic E-state index is 0.358. The summed E-state index contributed by atoms with van der Waals surface area (Å²) in [6.45, 7) is 3.95. The summed E-state index contributed by atoms with van der Waals surface area (Å²) in [4.78, 5) is 0. The van der Waals surface area contributed by atoms with Crippen molar-refractivity contribution in [3.05, 3.63) is 0 Å². The Hall–Kier alpha value is -0.0800. The van der Waals surface area contributed by atoms with Gasteiger partial charge in [-0.05, 0) is 37.5 Å². The second-order valence-corrected chi connectivity index (χ2v) is 5.36. The predicted molar refractivity (Wildman–Crippen MR) is 60.7 cm³/mol. The topological polar surface area (TPSA) is 29.5 Å². The van der Waals surface area contributed by atoms with Crippen LogP contribution in [0.4, 0.5) is 0 Å². The molecule has 2 nitrogen and oxygen atoms in total. The lowest BCUT2D eigenvalue weighted by atomic mass is 9.68. The monoisotopic (exact) mass is 212 g/mol. The van der Waals surface area contributed by atoms with Crippen molar-refractivity contribution in [1.82, 2.24) is 0 Å². The van der Waals surface area contributed by atoms with E-state index in [1.54, 1.807) is 0 Å². The lowest BCUT2D eigenvalue weighted by Gasteiger charge is -2.43. The summed E-state index contributed by atoms with van der Waals surface area (Å²) in [6, 6.07) is 0. The van der Waals surface area contributed by atoms with Crippen molar-refractivity contribution in [1.29, 1.82) is 0 Å². The molecule has 2 heteroatoms. The molecule has 0 aromatic rings. The SMILES string of the molecule is CCC1CCCC(O)(C2CCOCC2)C1. The number of hydrogen-bond donors (Lipinski definition) is 1. The predicted octanol–water partition coefficient (Wildman–Crippen LogP) is 2.74. The van der Waals surface area contributed by atoms with E-state index in [1.165, 1.54) is 19.3 Å². The number of rotatable bonds is 2. The average molecular weight is 212 g/mol. The van der Waals surface area contributed by atoms with E-state index in [1.807, 2.05) is 0 Å². The summed E-state index contributed by atoms with van der Waals surface area (Å²) in [5.41, 5.74) is -0.358. The first-order chi connectivity index (χ1) is 7.24. The molecular weight excluding hydrogens is 188 g/mol. The van der Waals surface area contributed by atoms with Gasteiger partial charge in [0, 0.05) is 13.2 Å². The van der Waals surface area contributed by atoms with Gasteiger partial charge in [0.15, 0.2) is 0 Å². The smallest absolute Gasteiger partial charge is 0.0680 e. The normalized spacial score (nSPS) is 39.2. The van der Waals surface area contributed by atoms with Gasteiger partial charge < -0.3 is 9.84 Å². The highest BCUT2D eigenvalue weighted by molar-refractivity contribution is 4.92. The Labute approximate surface area is 93.0 Å².